The van der Waals surface area contributed by atoms with Crippen molar-refractivity contribution in [3.8, 4) is 0 Å². The molecule has 0 aliphatic carbocycles. The highest BCUT2D eigenvalue weighted by Crippen LogP contribution is 2.34. The molecule has 0 radical (unpaired) electrons. The summed E-state index contributed by atoms with van der Waals surface area (Å²) in [5, 5.41) is 9.80. The van der Waals surface area contributed by atoms with E-state index in [1.54, 1.807) is 19.1 Å². The van der Waals surface area contributed by atoms with Gasteiger partial charge in [-0.15, -0.1) is 11.3 Å². The van der Waals surface area contributed by atoms with Gasteiger partial charge in [-0.2, -0.15) is 0 Å². The number of hydrogen-bond acceptors (Lipinski definition) is 3. The molecule has 1 aromatic heterocycles. The van der Waals surface area contributed by atoms with Crippen LogP contribution in [-0.4, -0.2) is 16.9 Å². The molecule has 2 aromatic rings. The number of benzene rings is 1. The van der Waals surface area contributed by atoms with Gasteiger partial charge in [0.25, 0.3) is 0 Å². The van der Waals surface area contributed by atoms with E-state index in [-0.39, 0.29) is 15.7 Å². The molecule has 2 rings (SSSR count). The number of fused-ring (bicyclic) bond motifs is 1. The Labute approximate surface area is 112 Å². The zero-order valence-corrected chi connectivity index (χ0v) is 11.1. The molecule has 18 heavy (non-hydrogen) atoms. The molecule has 0 unspecified atom stereocenters. The van der Waals surface area contributed by atoms with Crippen molar-refractivity contribution < 1.29 is 14.7 Å². The molecule has 92 valence electrons. The first-order chi connectivity index (χ1) is 8.41. The summed E-state index contributed by atoms with van der Waals surface area (Å²) in [5.74, 6) is -1.23. The van der Waals surface area contributed by atoms with Crippen LogP contribution in [-0.2, 0) is 0 Å². The molecule has 0 saturated carbocycles. The van der Waals surface area contributed by atoms with E-state index in [2.05, 4.69) is 6.58 Å². The number of carboxylic acids is 1. The number of rotatable bonds is 3. The predicted octanol–water partition coefficient (Wildman–Crippen LogP) is 4.01. The molecule has 3 nitrogen and oxygen atoms in total. The Morgan fingerprint density at radius 1 is 1.39 bits per heavy atom. The fourth-order valence-corrected chi connectivity index (χ4v) is 2.86. The number of thiophene rings is 1. The highest BCUT2D eigenvalue weighted by molar-refractivity contribution is 7.20. The Morgan fingerprint density at radius 3 is 2.61 bits per heavy atom. The molecular weight excluding hydrogens is 272 g/mol. The quantitative estimate of drug-likeness (QED) is 0.683. The summed E-state index contributed by atoms with van der Waals surface area (Å²) in [6.07, 6.45) is 0. The standard InChI is InChI=1S/C13H9ClO3S/c1-6(2)12(15)7-3-4-9-8(11(7)14)5-10(18-9)13(16)17/h3-5H,1H2,2H3,(H,16,17). The van der Waals surface area contributed by atoms with Crippen LogP contribution in [0.5, 0.6) is 0 Å². The van der Waals surface area contributed by atoms with E-state index in [9.17, 15) is 9.59 Å². The minimum Gasteiger partial charge on any atom is -0.477 e. The molecule has 1 heterocycles. The summed E-state index contributed by atoms with van der Waals surface area (Å²) < 4.78 is 0.746. The molecule has 0 amide bonds. The number of hydrogen-bond donors (Lipinski definition) is 1. The van der Waals surface area contributed by atoms with Crippen LogP contribution in [0.1, 0.15) is 27.0 Å². The van der Waals surface area contributed by atoms with Gasteiger partial charge in [-0.05, 0) is 30.7 Å². The highest BCUT2D eigenvalue weighted by Gasteiger charge is 2.16. The summed E-state index contributed by atoms with van der Waals surface area (Å²) in [6.45, 7) is 5.20. The van der Waals surface area contributed by atoms with Gasteiger partial charge in [-0.3, -0.25) is 4.79 Å². The van der Waals surface area contributed by atoms with E-state index >= 15 is 0 Å². The van der Waals surface area contributed by atoms with Gasteiger partial charge in [-0.1, -0.05) is 18.2 Å². The minimum absolute atomic E-state index is 0.201. The van der Waals surface area contributed by atoms with Crippen LogP contribution < -0.4 is 0 Å². The van der Waals surface area contributed by atoms with Gasteiger partial charge in [0, 0.05) is 15.6 Å². The Bertz CT molecular complexity index is 685. The third-order valence-electron chi connectivity index (χ3n) is 2.48. The average Bonchev–Trinajstić information content (AvgIpc) is 2.73. The number of carbonyl (C=O) groups is 2. The van der Waals surface area contributed by atoms with E-state index in [4.69, 9.17) is 16.7 Å². The van der Waals surface area contributed by atoms with Crippen molar-refractivity contribution >= 4 is 44.8 Å². The molecule has 1 N–H and O–H groups in total. The van der Waals surface area contributed by atoms with Gasteiger partial charge < -0.3 is 5.11 Å². The fourth-order valence-electron chi connectivity index (χ4n) is 1.59. The number of aromatic carboxylic acids is 1. The van der Waals surface area contributed by atoms with Crippen LogP contribution in [0.15, 0.2) is 30.4 Å². The third kappa shape index (κ3) is 2.05. The molecule has 0 atom stereocenters. The van der Waals surface area contributed by atoms with Crippen molar-refractivity contribution in [2.45, 2.75) is 6.92 Å². The molecule has 0 fully saturated rings. The van der Waals surface area contributed by atoms with Crippen LogP contribution in [0.4, 0.5) is 0 Å². The van der Waals surface area contributed by atoms with E-state index in [1.807, 2.05) is 0 Å². The smallest absolute Gasteiger partial charge is 0.345 e. The van der Waals surface area contributed by atoms with Crippen LogP contribution in [0.25, 0.3) is 10.1 Å². The number of carboxylic acid groups (broad SMARTS) is 1. The monoisotopic (exact) mass is 280 g/mol. The van der Waals surface area contributed by atoms with E-state index in [0.29, 0.717) is 16.5 Å². The molecule has 0 spiro atoms. The first kappa shape index (κ1) is 12.8. The molecule has 1 aromatic carbocycles. The van der Waals surface area contributed by atoms with Gasteiger partial charge in [0.05, 0.1) is 5.02 Å². The Balaban J connectivity index is 2.67. The van der Waals surface area contributed by atoms with Gasteiger partial charge in [0.15, 0.2) is 5.78 Å². The summed E-state index contributed by atoms with van der Waals surface area (Å²) in [4.78, 5) is 22.9. The van der Waals surface area contributed by atoms with Crippen LogP contribution in [0, 0.1) is 0 Å². The number of allylic oxidation sites excluding steroid dienone is 1. The molecule has 5 heteroatoms. The maximum Gasteiger partial charge on any atom is 0.345 e. The zero-order chi connectivity index (χ0) is 13.4. The Hall–Kier alpha value is -1.65. The largest absolute Gasteiger partial charge is 0.477 e. The van der Waals surface area contributed by atoms with E-state index < -0.39 is 5.97 Å². The van der Waals surface area contributed by atoms with Crippen molar-refractivity contribution in [1.29, 1.82) is 0 Å². The summed E-state index contributed by atoms with van der Waals surface area (Å²) >= 11 is 7.28. The van der Waals surface area contributed by atoms with Crippen LogP contribution >= 0.6 is 22.9 Å². The van der Waals surface area contributed by atoms with Crippen molar-refractivity contribution in [2.24, 2.45) is 0 Å². The topological polar surface area (TPSA) is 54.4 Å². The summed E-state index contributed by atoms with van der Waals surface area (Å²) in [7, 11) is 0. The van der Waals surface area contributed by atoms with E-state index in [1.165, 1.54) is 6.07 Å². The third-order valence-corrected chi connectivity index (χ3v) is 3.97. The Kier molecular flexibility index (Phi) is 3.24. The van der Waals surface area contributed by atoms with Crippen molar-refractivity contribution in [2.75, 3.05) is 0 Å². The van der Waals surface area contributed by atoms with Crippen LogP contribution in [0.2, 0.25) is 5.02 Å². The molecule has 0 aliphatic rings. The Morgan fingerprint density at radius 2 is 2.06 bits per heavy atom. The average molecular weight is 281 g/mol. The van der Waals surface area contributed by atoms with Gasteiger partial charge in [-0.25, -0.2) is 4.79 Å². The summed E-state index contributed by atoms with van der Waals surface area (Å²) in [5.41, 5.74) is 0.747. The lowest BCUT2D eigenvalue weighted by Gasteiger charge is -2.03. The normalized spacial score (nSPS) is 10.6. The number of Topliss-reactive ketones (excluding diaryl/α,β-unsaturated/α-hetero) is 1. The van der Waals surface area contributed by atoms with Crippen molar-refractivity contribution in [3.05, 3.63) is 45.8 Å². The maximum absolute atomic E-state index is 11.9. The second-order valence-electron chi connectivity index (χ2n) is 3.86. The SMILES string of the molecule is C=C(C)C(=O)c1ccc2sc(C(=O)O)cc2c1Cl. The lowest BCUT2D eigenvalue weighted by Crippen LogP contribution is -2.00. The highest BCUT2D eigenvalue weighted by atomic mass is 35.5. The van der Waals surface area contributed by atoms with Gasteiger partial charge in [0.2, 0.25) is 0 Å². The summed E-state index contributed by atoms with van der Waals surface area (Å²) in [6, 6.07) is 4.79. The molecule has 0 bridgehead atoms. The molecule has 0 saturated heterocycles. The lowest BCUT2D eigenvalue weighted by atomic mass is 10.0. The predicted molar refractivity (Wildman–Crippen MR) is 72.9 cm³/mol. The first-order valence-corrected chi connectivity index (χ1v) is 6.27. The van der Waals surface area contributed by atoms with Crippen molar-refractivity contribution in [1.82, 2.24) is 0 Å². The molecular formula is C13H9ClO3S. The minimum atomic E-state index is -1.000. The lowest BCUT2D eigenvalue weighted by molar-refractivity contribution is 0.0702. The first-order valence-electron chi connectivity index (χ1n) is 5.07. The number of halogens is 1. The molecule has 0 aliphatic heterocycles. The second-order valence-corrected chi connectivity index (χ2v) is 5.33. The van der Waals surface area contributed by atoms with E-state index in [0.717, 1.165) is 16.0 Å². The fraction of sp³-hybridized carbons (Fsp3) is 0.0769. The van der Waals surface area contributed by atoms with Crippen LogP contribution in [0.3, 0.4) is 0 Å². The second kappa shape index (κ2) is 4.55. The van der Waals surface area contributed by atoms with Crippen molar-refractivity contribution in [3.63, 3.8) is 0 Å². The van der Waals surface area contributed by atoms with Gasteiger partial charge >= 0.3 is 5.97 Å². The number of ketones is 1. The zero-order valence-electron chi connectivity index (χ0n) is 9.49. The maximum atomic E-state index is 11.9. The number of carbonyl (C=O) groups excluding carboxylic acids is 1. The van der Waals surface area contributed by atoms with Gasteiger partial charge in [0.1, 0.15) is 4.88 Å².